The van der Waals surface area contributed by atoms with Crippen LogP contribution in [0, 0.1) is 5.92 Å². The Labute approximate surface area is 117 Å². The van der Waals surface area contributed by atoms with Gasteiger partial charge in [0.1, 0.15) is 5.76 Å². The van der Waals surface area contributed by atoms with Crippen LogP contribution in [0.5, 0.6) is 0 Å². The monoisotopic (exact) mass is 280 g/mol. The van der Waals surface area contributed by atoms with E-state index in [2.05, 4.69) is 17.6 Å². The number of carbonyl (C=O) groups excluding carboxylic acids is 2. The Bertz CT molecular complexity index is 450. The van der Waals surface area contributed by atoms with Gasteiger partial charge in [0, 0.05) is 19.1 Å². The van der Waals surface area contributed by atoms with Crippen molar-refractivity contribution in [3.05, 3.63) is 24.2 Å². The number of likely N-dealkylation sites (tertiary alicyclic amines) is 1. The second-order valence-corrected chi connectivity index (χ2v) is 5.15. The third-order valence-electron chi connectivity index (χ3n) is 3.37. The highest BCUT2D eigenvalue weighted by Crippen LogP contribution is 2.13. The summed E-state index contributed by atoms with van der Waals surface area (Å²) in [5, 5.41) is 4.84. The average Bonchev–Trinajstić information content (AvgIpc) is 2.98. The molecule has 1 aromatic rings. The van der Waals surface area contributed by atoms with Gasteiger partial charge in [0.2, 0.25) is 5.91 Å². The van der Waals surface area contributed by atoms with Crippen molar-refractivity contribution < 1.29 is 14.0 Å². The second kappa shape index (κ2) is 6.53. The number of rotatable bonds is 4. The van der Waals surface area contributed by atoms with Crippen molar-refractivity contribution in [3.63, 3.8) is 0 Å². The molecule has 110 valence electrons. The zero-order chi connectivity index (χ0) is 14.5. The lowest BCUT2D eigenvalue weighted by Gasteiger charge is -2.14. The van der Waals surface area contributed by atoms with Crippen LogP contribution in [-0.4, -0.2) is 42.5 Å². The highest BCUT2D eigenvalue weighted by molar-refractivity contribution is 5.95. The molecule has 0 spiro atoms. The van der Waals surface area contributed by atoms with Crippen molar-refractivity contribution >= 4 is 11.9 Å². The number of hydrogen-bond acceptors (Lipinski definition) is 5. The fourth-order valence-corrected chi connectivity index (χ4v) is 2.22. The average molecular weight is 280 g/mol. The minimum absolute atomic E-state index is 0.0931. The molecule has 7 nitrogen and oxygen atoms in total. The molecule has 3 amide bonds. The molecule has 2 heterocycles. The maximum Gasteiger partial charge on any atom is 0.321 e. The zero-order valence-electron chi connectivity index (χ0n) is 11.5. The van der Waals surface area contributed by atoms with E-state index in [1.807, 2.05) is 4.90 Å². The summed E-state index contributed by atoms with van der Waals surface area (Å²) in [6, 6.07) is 3.05. The van der Waals surface area contributed by atoms with E-state index in [9.17, 15) is 9.59 Å². The van der Waals surface area contributed by atoms with Crippen molar-refractivity contribution in [3.8, 4) is 0 Å². The summed E-state index contributed by atoms with van der Waals surface area (Å²) in [4.78, 5) is 25.2. The first-order chi connectivity index (χ1) is 9.54. The Kier molecular flexibility index (Phi) is 4.75. The van der Waals surface area contributed by atoms with Crippen molar-refractivity contribution in [2.75, 3.05) is 19.6 Å². The first kappa shape index (κ1) is 14.5. The first-order valence-electron chi connectivity index (χ1n) is 6.62. The van der Waals surface area contributed by atoms with E-state index in [0.29, 0.717) is 18.2 Å². The molecule has 0 aromatic carbocycles. The normalized spacial score (nSPS) is 22.7. The van der Waals surface area contributed by atoms with Gasteiger partial charge in [-0.2, -0.15) is 0 Å². The van der Waals surface area contributed by atoms with Crippen LogP contribution in [0.2, 0.25) is 0 Å². The number of nitrogens with one attached hydrogen (secondary N) is 2. The van der Waals surface area contributed by atoms with Crippen LogP contribution in [0.3, 0.4) is 0 Å². The number of furan rings is 1. The van der Waals surface area contributed by atoms with Crippen LogP contribution < -0.4 is 16.4 Å². The number of urea groups is 1. The summed E-state index contributed by atoms with van der Waals surface area (Å²) < 4.78 is 5.07. The summed E-state index contributed by atoms with van der Waals surface area (Å²) in [5.41, 5.74) is 5.88. The van der Waals surface area contributed by atoms with Crippen molar-refractivity contribution in [1.29, 1.82) is 0 Å². The molecule has 0 bridgehead atoms. The van der Waals surface area contributed by atoms with E-state index < -0.39 is 6.03 Å². The summed E-state index contributed by atoms with van der Waals surface area (Å²) in [5.74, 6) is 0.672. The van der Waals surface area contributed by atoms with Gasteiger partial charge in [0.15, 0.2) is 0 Å². The highest BCUT2D eigenvalue weighted by Gasteiger charge is 2.27. The number of carbonyl (C=O) groups is 2. The lowest BCUT2D eigenvalue weighted by atomic mass is 10.1. The largest absolute Gasteiger partial charge is 0.467 e. The van der Waals surface area contributed by atoms with E-state index in [-0.39, 0.29) is 25.0 Å². The van der Waals surface area contributed by atoms with Gasteiger partial charge in [-0.3, -0.25) is 15.0 Å². The zero-order valence-corrected chi connectivity index (χ0v) is 11.5. The molecule has 0 radical (unpaired) electrons. The lowest BCUT2D eigenvalue weighted by molar-refractivity contribution is -0.120. The van der Waals surface area contributed by atoms with Crippen LogP contribution in [0.4, 0.5) is 4.79 Å². The van der Waals surface area contributed by atoms with E-state index in [4.69, 9.17) is 10.2 Å². The third-order valence-corrected chi connectivity index (χ3v) is 3.37. The molecule has 2 rings (SSSR count). The number of nitrogens with two attached hydrogens (primary N) is 1. The topological polar surface area (TPSA) is 101 Å². The molecule has 2 unspecified atom stereocenters. The number of imide groups is 1. The second-order valence-electron chi connectivity index (χ2n) is 5.15. The summed E-state index contributed by atoms with van der Waals surface area (Å²) in [6.45, 7) is 3.95. The molecular weight excluding hydrogens is 260 g/mol. The van der Waals surface area contributed by atoms with Crippen LogP contribution in [-0.2, 0) is 11.3 Å². The molecule has 1 aromatic heterocycles. The highest BCUT2D eigenvalue weighted by atomic mass is 16.3. The molecule has 2 atom stereocenters. The lowest BCUT2D eigenvalue weighted by Crippen LogP contribution is -2.44. The molecule has 7 heteroatoms. The van der Waals surface area contributed by atoms with Crippen LogP contribution in [0.15, 0.2) is 22.8 Å². The van der Waals surface area contributed by atoms with E-state index in [1.165, 1.54) is 6.26 Å². The van der Waals surface area contributed by atoms with Gasteiger partial charge in [-0.15, -0.1) is 0 Å². The standard InChI is InChI=1S/C13H20N4O3/c1-9-6-17(7-11(9)14)8-12(18)16-13(19)15-5-10-3-2-4-20-10/h2-4,9,11H,5-8,14H2,1H3,(H2,15,16,18,19). The van der Waals surface area contributed by atoms with E-state index in [0.717, 1.165) is 6.54 Å². The van der Waals surface area contributed by atoms with E-state index in [1.54, 1.807) is 12.1 Å². The maximum absolute atomic E-state index is 11.7. The van der Waals surface area contributed by atoms with Gasteiger partial charge in [-0.25, -0.2) is 4.79 Å². The molecular formula is C13H20N4O3. The van der Waals surface area contributed by atoms with Crippen LogP contribution >= 0.6 is 0 Å². The fourth-order valence-electron chi connectivity index (χ4n) is 2.22. The minimum Gasteiger partial charge on any atom is -0.467 e. The Morgan fingerprint density at radius 2 is 2.30 bits per heavy atom. The minimum atomic E-state index is -0.525. The van der Waals surface area contributed by atoms with Gasteiger partial charge >= 0.3 is 6.03 Å². The smallest absolute Gasteiger partial charge is 0.321 e. The van der Waals surface area contributed by atoms with Crippen molar-refractivity contribution in [1.82, 2.24) is 15.5 Å². The van der Waals surface area contributed by atoms with Crippen LogP contribution in [0.1, 0.15) is 12.7 Å². The van der Waals surface area contributed by atoms with Crippen molar-refractivity contribution in [2.45, 2.75) is 19.5 Å². The maximum atomic E-state index is 11.7. The molecule has 1 saturated heterocycles. The Hall–Kier alpha value is -1.86. The van der Waals surface area contributed by atoms with E-state index >= 15 is 0 Å². The SMILES string of the molecule is CC1CN(CC(=O)NC(=O)NCc2ccco2)CC1N. The summed E-state index contributed by atoms with van der Waals surface area (Å²) in [7, 11) is 0. The van der Waals surface area contributed by atoms with Crippen molar-refractivity contribution in [2.24, 2.45) is 11.7 Å². The predicted octanol–water partition coefficient (Wildman–Crippen LogP) is -0.116. The molecule has 1 aliphatic rings. The Morgan fingerprint density at radius 1 is 1.50 bits per heavy atom. The predicted molar refractivity (Wildman–Crippen MR) is 72.7 cm³/mol. The summed E-state index contributed by atoms with van der Waals surface area (Å²) >= 11 is 0. The fraction of sp³-hybridized carbons (Fsp3) is 0.538. The molecule has 1 fully saturated rings. The first-order valence-corrected chi connectivity index (χ1v) is 6.62. The molecule has 4 N–H and O–H groups in total. The number of hydrogen-bond donors (Lipinski definition) is 3. The summed E-state index contributed by atoms with van der Waals surface area (Å²) in [6.07, 6.45) is 1.53. The molecule has 1 aliphatic heterocycles. The van der Waals surface area contributed by atoms with Gasteiger partial charge in [0.25, 0.3) is 0 Å². The third kappa shape index (κ3) is 4.07. The molecule has 20 heavy (non-hydrogen) atoms. The van der Waals surface area contributed by atoms with Gasteiger partial charge in [0.05, 0.1) is 19.4 Å². The van der Waals surface area contributed by atoms with Gasteiger partial charge < -0.3 is 15.5 Å². The number of amides is 3. The Balaban J connectivity index is 1.67. The van der Waals surface area contributed by atoms with Gasteiger partial charge in [-0.1, -0.05) is 6.92 Å². The van der Waals surface area contributed by atoms with Gasteiger partial charge in [-0.05, 0) is 18.1 Å². The quantitative estimate of drug-likeness (QED) is 0.714. The molecule has 0 aliphatic carbocycles. The Morgan fingerprint density at radius 3 is 2.90 bits per heavy atom. The van der Waals surface area contributed by atoms with Crippen LogP contribution in [0.25, 0.3) is 0 Å². The molecule has 0 saturated carbocycles. The number of nitrogens with zero attached hydrogens (tertiary/aromatic N) is 1.